The lowest BCUT2D eigenvalue weighted by molar-refractivity contribution is -0.123. The van der Waals surface area contributed by atoms with E-state index in [1.165, 1.54) is 0 Å². The van der Waals surface area contributed by atoms with E-state index in [0.29, 0.717) is 19.6 Å². The minimum absolute atomic E-state index is 0.131. The highest BCUT2D eigenvalue weighted by molar-refractivity contribution is 7.89. The van der Waals surface area contributed by atoms with Crippen molar-refractivity contribution in [3.05, 3.63) is 89.4 Å². The second kappa shape index (κ2) is 12.0. The van der Waals surface area contributed by atoms with Gasteiger partial charge in [-0.1, -0.05) is 55.8 Å². The molecule has 1 amide bonds. The van der Waals surface area contributed by atoms with Crippen LogP contribution < -0.4 is 10.0 Å². The van der Waals surface area contributed by atoms with E-state index in [9.17, 15) is 13.2 Å². The van der Waals surface area contributed by atoms with Crippen LogP contribution in [0.15, 0.2) is 76.2 Å². The molecule has 34 heavy (non-hydrogen) atoms. The van der Waals surface area contributed by atoms with Crippen LogP contribution in [0, 0.1) is 12.8 Å². The molecule has 0 radical (unpaired) electrons. The van der Waals surface area contributed by atoms with Crippen molar-refractivity contribution in [2.75, 3.05) is 0 Å². The van der Waals surface area contributed by atoms with Gasteiger partial charge in [-0.05, 0) is 54.7 Å². The van der Waals surface area contributed by atoms with Gasteiger partial charge in [0.15, 0.2) is 0 Å². The molecule has 182 valence electrons. The third-order valence-corrected chi connectivity index (χ3v) is 6.69. The fourth-order valence-corrected chi connectivity index (χ4v) is 4.67. The first-order chi connectivity index (χ1) is 16.2. The molecule has 3 rings (SSSR count). The standard InChI is InChI=1S/C26H32N2O5S/c1-19(2)14-25(28-34(30,31)24-11-9-20(3)10-12-24)26(29)27-16-21-6-4-7-22(15-21)17-32-18-23-8-5-13-33-23/h4-13,15,19,25,28H,14,16-18H2,1-3H3,(H,27,29). The Morgan fingerprint density at radius 2 is 1.74 bits per heavy atom. The molecule has 1 aromatic heterocycles. The molecule has 0 fully saturated rings. The monoisotopic (exact) mass is 484 g/mol. The van der Waals surface area contributed by atoms with Gasteiger partial charge in [-0.2, -0.15) is 4.72 Å². The molecule has 7 nitrogen and oxygen atoms in total. The van der Waals surface area contributed by atoms with Crippen LogP contribution in [0.1, 0.15) is 42.7 Å². The van der Waals surface area contributed by atoms with Gasteiger partial charge in [0.05, 0.1) is 17.8 Å². The van der Waals surface area contributed by atoms with Crippen molar-refractivity contribution in [1.29, 1.82) is 0 Å². The van der Waals surface area contributed by atoms with Crippen molar-refractivity contribution in [1.82, 2.24) is 10.0 Å². The first-order valence-electron chi connectivity index (χ1n) is 11.3. The third-order valence-electron chi connectivity index (χ3n) is 5.20. The average molecular weight is 485 g/mol. The first kappa shape index (κ1) is 25.7. The fourth-order valence-electron chi connectivity index (χ4n) is 3.46. The highest BCUT2D eigenvalue weighted by atomic mass is 32.2. The largest absolute Gasteiger partial charge is 0.467 e. The van der Waals surface area contributed by atoms with E-state index in [2.05, 4.69) is 10.0 Å². The molecule has 0 aliphatic carbocycles. The lowest BCUT2D eigenvalue weighted by Crippen LogP contribution is -2.47. The maximum atomic E-state index is 12.9. The number of benzene rings is 2. The summed E-state index contributed by atoms with van der Waals surface area (Å²) in [5.41, 5.74) is 2.83. The van der Waals surface area contributed by atoms with Gasteiger partial charge in [-0.15, -0.1) is 0 Å². The smallest absolute Gasteiger partial charge is 0.241 e. The zero-order chi connectivity index (χ0) is 24.6. The van der Waals surface area contributed by atoms with Crippen LogP contribution in [-0.2, 0) is 39.3 Å². The summed E-state index contributed by atoms with van der Waals surface area (Å²) in [7, 11) is -3.82. The Labute approximate surface area is 201 Å². The van der Waals surface area contributed by atoms with Crippen LogP contribution in [0.4, 0.5) is 0 Å². The van der Waals surface area contributed by atoms with Crippen LogP contribution in [-0.4, -0.2) is 20.4 Å². The molecule has 0 bridgehead atoms. The summed E-state index contributed by atoms with van der Waals surface area (Å²) in [6.07, 6.45) is 1.99. The molecule has 0 saturated heterocycles. The Morgan fingerprint density at radius 3 is 2.41 bits per heavy atom. The summed E-state index contributed by atoms with van der Waals surface area (Å²) in [6, 6.07) is 17.1. The normalized spacial score (nSPS) is 12.6. The number of rotatable bonds is 12. The summed E-state index contributed by atoms with van der Waals surface area (Å²) in [6.45, 7) is 6.87. The number of hydrogen-bond donors (Lipinski definition) is 2. The maximum absolute atomic E-state index is 12.9. The van der Waals surface area contributed by atoms with E-state index >= 15 is 0 Å². The van der Waals surface area contributed by atoms with E-state index in [1.807, 2.05) is 57.2 Å². The summed E-state index contributed by atoms with van der Waals surface area (Å²) in [5, 5.41) is 2.87. The van der Waals surface area contributed by atoms with Gasteiger partial charge in [0.2, 0.25) is 15.9 Å². The summed E-state index contributed by atoms with van der Waals surface area (Å²) < 4.78 is 39.2. The minimum Gasteiger partial charge on any atom is -0.467 e. The number of carbonyl (C=O) groups excluding carboxylic acids is 1. The molecule has 3 aromatic rings. The highest BCUT2D eigenvalue weighted by Crippen LogP contribution is 2.14. The summed E-state index contributed by atoms with van der Waals surface area (Å²) in [5.74, 6) is 0.530. The van der Waals surface area contributed by atoms with Gasteiger partial charge in [-0.3, -0.25) is 4.79 Å². The predicted molar refractivity (Wildman–Crippen MR) is 130 cm³/mol. The van der Waals surface area contributed by atoms with Crippen LogP contribution in [0.3, 0.4) is 0 Å². The highest BCUT2D eigenvalue weighted by Gasteiger charge is 2.26. The Bertz CT molecular complexity index is 1160. The number of furan rings is 1. The van der Waals surface area contributed by atoms with Gasteiger partial charge in [0, 0.05) is 6.54 Å². The molecular weight excluding hydrogens is 452 g/mol. The van der Waals surface area contributed by atoms with E-state index in [0.717, 1.165) is 22.5 Å². The van der Waals surface area contributed by atoms with Crippen LogP contribution in [0.25, 0.3) is 0 Å². The molecule has 1 atom stereocenters. The molecule has 8 heteroatoms. The molecule has 2 N–H and O–H groups in total. The zero-order valence-corrected chi connectivity index (χ0v) is 20.6. The van der Waals surface area contributed by atoms with E-state index in [1.54, 1.807) is 30.5 Å². The fraction of sp³-hybridized carbons (Fsp3) is 0.346. The second-order valence-corrected chi connectivity index (χ2v) is 10.4. The van der Waals surface area contributed by atoms with Gasteiger partial charge < -0.3 is 14.5 Å². The Kier molecular flexibility index (Phi) is 9.04. The van der Waals surface area contributed by atoms with Crippen LogP contribution in [0.5, 0.6) is 0 Å². The third kappa shape index (κ3) is 7.83. The lowest BCUT2D eigenvalue weighted by atomic mass is 10.0. The van der Waals surface area contributed by atoms with Crippen molar-refractivity contribution >= 4 is 15.9 Å². The van der Waals surface area contributed by atoms with Crippen molar-refractivity contribution in [3.63, 3.8) is 0 Å². The molecular formula is C26H32N2O5S. The Balaban J connectivity index is 1.59. The minimum atomic E-state index is -3.82. The Hall–Kier alpha value is -2.94. The molecule has 0 saturated carbocycles. The van der Waals surface area contributed by atoms with Gasteiger partial charge >= 0.3 is 0 Å². The predicted octanol–water partition coefficient (Wildman–Crippen LogP) is 4.31. The molecule has 0 aliphatic rings. The van der Waals surface area contributed by atoms with Crippen LogP contribution >= 0.6 is 0 Å². The number of amides is 1. The van der Waals surface area contributed by atoms with Crippen LogP contribution in [0.2, 0.25) is 0 Å². The lowest BCUT2D eigenvalue weighted by Gasteiger charge is -2.20. The van der Waals surface area contributed by atoms with Gasteiger partial charge in [0.1, 0.15) is 18.4 Å². The number of ether oxygens (including phenoxy) is 1. The van der Waals surface area contributed by atoms with Gasteiger partial charge in [-0.25, -0.2) is 8.42 Å². The topological polar surface area (TPSA) is 97.6 Å². The van der Waals surface area contributed by atoms with Crippen molar-refractivity contribution in [2.24, 2.45) is 5.92 Å². The summed E-state index contributed by atoms with van der Waals surface area (Å²) in [4.78, 5) is 13.1. The number of nitrogens with one attached hydrogen (secondary N) is 2. The molecule has 2 aromatic carbocycles. The van der Waals surface area contributed by atoms with Crippen molar-refractivity contribution < 1.29 is 22.4 Å². The average Bonchev–Trinajstić information content (AvgIpc) is 3.31. The van der Waals surface area contributed by atoms with E-state index in [-0.39, 0.29) is 23.3 Å². The SMILES string of the molecule is Cc1ccc(S(=O)(=O)NC(CC(C)C)C(=O)NCc2cccc(COCc3ccco3)c2)cc1. The molecule has 0 aliphatic heterocycles. The van der Waals surface area contributed by atoms with Gasteiger partial charge in [0.25, 0.3) is 0 Å². The number of carbonyl (C=O) groups is 1. The van der Waals surface area contributed by atoms with Crippen molar-refractivity contribution in [2.45, 2.75) is 57.9 Å². The summed E-state index contributed by atoms with van der Waals surface area (Å²) >= 11 is 0. The molecule has 1 heterocycles. The number of aryl methyl sites for hydroxylation is 1. The molecule has 0 spiro atoms. The Morgan fingerprint density at radius 1 is 1.00 bits per heavy atom. The first-order valence-corrected chi connectivity index (χ1v) is 12.8. The van der Waals surface area contributed by atoms with E-state index in [4.69, 9.17) is 9.15 Å². The van der Waals surface area contributed by atoms with E-state index < -0.39 is 16.1 Å². The number of hydrogen-bond acceptors (Lipinski definition) is 5. The maximum Gasteiger partial charge on any atom is 0.241 e. The molecule has 1 unspecified atom stereocenters. The second-order valence-electron chi connectivity index (χ2n) is 8.73. The number of sulfonamides is 1. The quantitative estimate of drug-likeness (QED) is 0.399. The zero-order valence-electron chi connectivity index (χ0n) is 19.8. The van der Waals surface area contributed by atoms with Crippen molar-refractivity contribution in [3.8, 4) is 0 Å².